The second-order valence-corrected chi connectivity index (χ2v) is 5.41. The second kappa shape index (κ2) is 7.51. The molecule has 0 bridgehead atoms. The van der Waals surface area contributed by atoms with Gasteiger partial charge in [0.1, 0.15) is 12.7 Å². The number of fused-ring (bicyclic) bond motifs is 1. The topological polar surface area (TPSA) is 86.8 Å². The Labute approximate surface area is 144 Å². The van der Waals surface area contributed by atoms with Gasteiger partial charge in [0.25, 0.3) is 0 Å². The van der Waals surface area contributed by atoms with E-state index in [1.165, 1.54) is 0 Å². The molecule has 25 heavy (non-hydrogen) atoms. The highest BCUT2D eigenvalue weighted by molar-refractivity contribution is 5.95. The van der Waals surface area contributed by atoms with Gasteiger partial charge in [-0.2, -0.15) is 5.26 Å². The maximum atomic E-state index is 12.4. The van der Waals surface area contributed by atoms with E-state index in [2.05, 4.69) is 11.4 Å². The number of nitrogens with zero attached hydrogens (tertiary/aromatic N) is 2. The monoisotopic (exact) mass is 335 g/mol. The van der Waals surface area contributed by atoms with Crippen LogP contribution in [-0.2, 0) is 11.3 Å². The average Bonchev–Trinajstić information content (AvgIpc) is 3.02. The van der Waals surface area contributed by atoms with Crippen LogP contribution in [0.3, 0.4) is 0 Å². The van der Waals surface area contributed by atoms with Gasteiger partial charge in [0.15, 0.2) is 0 Å². The van der Waals surface area contributed by atoms with Gasteiger partial charge in [-0.1, -0.05) is 18.2 Å². The van der Waals surface area contributed by atoms with Gasteiger partial charge in [-0.05, 0) is 24.3 Å². The minimum absolute atomic E-state index is 0.0116. The van der Waals surface area contributed by atoms with E-state index in [1.54, 1.807) is 30.5 Å². The molecule has 3 rings (SSSR count). The maximum Gasteiger partial charge on any atom is 0.340 e. The van der Waals surface area contributed by atoms with E-state index in [0.29, 0.717) is 28.9 Å². The molecule has 0 spiro atoms. The molecule has 0 saturated heterocycles. The fraction of sp³-hybridized carbons (Fsp3) is 0.158. The van der Waals surface area contributed by atoms with Crippen molar-refractivity contribution in [2.45, 2.75) is 6.61 Å². The van der Waals surface area contributed by atoms with Gasteiger partial charge >= 0.3 is 5.97 Å². The Balaban J connectivity index is 1.78. The lowest BCUT2D eigenvalue weighted by Crippen LogP contribution is -2.12. The molecule has 3 aromatic rings. The van der Waals surface area contributed by atoms with Crippen LogP contribution < -0.4 is 5.32 Å². The quantitative estimate of drug-likeness (QED) is 0.676. The highest BCUT2D eigenvalue weighted by atomic mass is 16.5. The van der Waals surface area contributed by atoms with Gasteiger partial charge in [-0.3, -0.25) is 0 Å². The summed E-state index contributed by atoms with van der Waals surface area (Å²) in [4.78, 5) is 12.4. The van der Waals surface area contributed by atoms with E-state index in [0.717, 1.165) is 5.52 Å². The third kappa shape index (κ3) is 3.47. The number of nitrogens with one attached hydrogen (secondary N) is 1. The summed E-state index contributed by atoms with van der Waals surface area (Å²) in [6.07, 6.45) is 3.63. The summed E-state index contributed by atoms with van der Waals surface area (Å²) in [7, 11) is 0. The maximum absolute atomic E-state index is 12.4. The van der Waals surface area contributed by atoms with E-state index in [9.17, 15) is 10.1 Å². The number of benzene rings is 1. The van der Waals surface area contributed by atoms with E-state index < -0.39 is 5.97 Å². The molecule has 2 N–H and O–H groups in total. The van der Waals surface area contributed by atoms with Crippen LogP contribution in [0.5, 0.6) is 0 Å². The number of ether oxygens (including phenoxy) is 1. The Morgan fingerprint density at radius 2 is 2.04 bits per heavy atom. The van der Waals surface area contributed by atoms with E-state index in [-0.39, 0.29) is 13.2 Å². The van der Waals surface area contributed by atoms with Gasteiger partial charge in [0.2, 0.25) is 0 Å². The molecule has 126 valence electrons. The zero-order chi connectivity index (χ0) is 17.6. The molecule has 0 unspecified atom stereocenters. The summed E-state index contributed by atoms with van der Waals surface area (Å²) in [6, 6.07) is 14.7. The number of hydrogen-bond donors (Lipinski definition) is 2. The third-order valence-electron chi connectivity index (χ3n) is 3.81. The molecule has 2 heterocycles. The molecule has 0 saturated carbocycles. The number of carbonyl (C=O) groups is 1. The number of aromatic nitrogens is 1. The van der Waals surface area contributed by atoms with Crippen molar-refractivity contribution in [3.8, 4) is 6.07 Å². The molecule has 6 heteroatoms. The summed E-state index contributed by atoms with van der Waals surface area (Å²) in [5.41, 5.74) is 2.92. The predicted molar refractivity (Wildman–Crippen MR) is 93.2 cm³/mol. The number of hydrogen-bond acceptors (Lipinski definition) is 5. The Morgan fingerprint density at radius 3 is 2.84 bits per heavy atom. The molecule has 0 atom stereocenters. The van der Waals surface area contributed by atoms with Crippen molar-refractivity contribution in [1.82, 2.24) is 4.40 Å². The fourth-order valence-electron chi connectivity index (χ4n) is 2.64. The Hall–Kier alpha value is -3.30. The summed E-state index contributed by atoms with van der Waals surface area (Å²) in [5, 5.41) is 21.3. The van der Waals surface area contributed by atoms with Gasteiger partial charge < -0.3 is 19.6 Å². The van der Waals surface area contributed by atoms with Crippen molar-refractivity contribution in [1.29, 1.82) is 5.26 Å². The van der Waals surface area contributed by atoms with Crippen LogP contribution in [-0.4, -0.2) is 28.6 Å². The molecule has 0 aliphatic heterocycles. The lowest BCUT2D eigenvalue weighted by Gasteiger charge is -2.10. The summed E-state index contributed by atoms with van der Waals surface area (Å²) in [5.74, 6) is -0.486. The lowest BCUT2D eigenvalue weighted by molar-refractivity contribution is 0.0473. The molecular weight excluding hydrogens is 318 g/mol. The highest BCUT2D eigenvalue weighted by Crippen LogP contribution is 2.20. The molecule has 2 aromatic heterocycles. The van der Waals surface area contributed by atoms with Crippen LogP contribution in [0, 0.1) is 11.3 Å². The number of nitriles is 1. The second-order valence-electron chi connectivity index (χ2n) is 5.41. The van der Waals surface area contributed by atoms with Gasteiger partial charge in [0.05, 0.1) is 23.3 Å². The first-order valence-electron chi connectivity index (χ1n) is 7.84. The first kappa shape index (κ1) is 16.6. The van der Waals surface area contributed by atoms with Crippen molar-refractivity contribution < 1.29 is 14.6 Å². The number of para-hydroxylation sites is 1. The lowest BCUT2D eigenvalue weighted by atomic mass is 10.1. The highest BCUT2D eigenvalue weighted by Gasteiger charge is 2.15. The van der Waals surface area contributed by atoms with Crippen molar-refractivity contribution in [2.75, 3.05) is 18.5 Å². The van der Waals surface area contributed by atoms with Gasteiger partial charge in [-0.15, -0.1) is 0 Å². The molecule has 0 aliphatic carbocycles. The van der Waals surface area contributed by atoms with Crippen molar-refractivity contribution in [3.63, 3.8) is 0 Å². The van der Waals surface area contributed by atoms with E-state index in [1.807, 2.05) is 28.8 Å². The Bertz CT molecular complexity index is 940. The first-order chi connectivity index (χ1) is 12.2. The Kier molecular flexibility index (Phi) is 4.97. The molecule has 0 fully saturated rings. The van der Waals surface area contributed by atoms with Gasteiger partial charge in [0, 0.05) is 30.2 Å². The predicted octanol–water partition coefficient (Wildman–Crippen LogP) is 2.57. The zero-order valence-electron chi connectivity index (χ0n) is 13.5. The normalized spacial score (nSPS) is 10.4. The number of aliphatic hydroxyl groups excluding tert-OH is 1. The van der Waals surface area contributed by atoms with Crippen LogP contribution in [0.2, 0.25) is 0 Å². The number of esters is 1. The van der Waals surface area contributed by atoms with Crippen LogP contribution in [0.15, 0.2) is 54.9 Å². The van der Waals surface area contributed by atoms with Crippen LogP contribution in [0.25, 0.3) is 5.52 Å². The number of anilines is 1. The standard InChI is InChI=1S/C19H17N3O3/c20-11-16-14(12-22-9-4-3-7-18(16)22)13-25-19(24)15-5-1-2-6-17(15)21-8-10-23/h1-7,9,12,21,23H,8,10,13H2. The average molecular weight is 335 g/mol. The molecule has 0 amide bonds. The number of pyridine rings is 1. The minimum atomic E-state index is -0.486. The van der Waals surface area contributed by atoms with Crippen LogP contribution in [0.1, 0.15) is 21.5 Å². The van der Waals surface area contributed by atoms with Crippen molar-refractivity contribution in [3.05, 3.63) is 71.5 Å². The summed E-state index contributed by atoms with van der Waals surface area (Å²) in [6.45, 7) is 0.317. The Morgan fingerprint density at radius 1 is 1.24 bits per heavy atom. The third-order valence-corrected chi connectivity index (χ3v) is 3.81. The van der Waals surface area contributed by atoms with E-state index in [4.69, 9.17) is 9.84 Å². The van der Waals surface area contributed by atoms with E-state index >= 15 is 0 Å². The fourth-order valence-corrected chi connectivity index (χ4v) is 2.64. The molecule has 1 aromatic carbocycles. The van der Waals surface area contributed by atoms with Crippen LogP contribution >= 0.6 is 0 Å². The largest absolute Gasteiger partial charge is 0.457 e. The number of carbonyl (C=O) groups excluding carboxylic acids is 1. The molecule has 6 nitrogen and oxygen atoms in total. The number of aliphatic hydroxyl groups is 1. The molecule has 0 aliphatic rings. The molecule has 0 radical (unpaired) electrons. The zero-order valence-corrected chi connectivity index (χ0v) is 13.5. The summed E-state index contributed by atoms with van der Waals surface area (Å²) >= 11 is 0. The minimum Gasteiger partial charge on any atom is -0.457 e. The first-order valence-corrected chi connectivity index (χ1v) is 7.84. The van der Waals surface area contributed by atoms with Crippen molar-refractivity contribution >= 4 is 17.2 Å². The van der Waals surface area contributed by atoms with Gasteiger partial charge in [-0.25, -0.2) is 4.79 Å². The smallest absolute Gasteiger partial charge is 0.340 e. The summed E-state index contributed by atoms with van der Waals surface area (Å²) < 4.78 is 7.23. The van der Waals surface area contributed by atoms with Crippen LogP contribution in [0.4, 0.5) is 5.69 Å². The molecular formula is C19H17N3O3. The SMILES string of the molecule is N#Cc1c(COC(=O)c2ccccc2NCCO)cn2ccccc12. The number of rotatable bonds is 6. The van der Waals surface area contributed by atoms with Crippen molar-refractivity contribution in [2.24, 2.45) is 0 Å².